The fraction of sp³-hybridized carbons (Fsp3) is 0.600. The van der Waals surface area contributed by atoms with Crippen LogP contribution in [0.1, 0.15) is 25.3 Å². The summed E-state index contributed by atoms with van der Waals surface area (Å²) in [5.74, 6) is 0. The van der Waals surface area contributed by atoms with E-state index >= 15 is 0 Å². The molecule has 0 aliphatic carbocycles. The summed E-state index contributed by atoms with van der Waals surface area (Å²) in [4.78, 5) is 2.31. The summed E-state index contributed by atoms with van der Waals surface area (Å²) in [6.07, 6.45) is 3.05. The topological polar surface area (TPSA) is 38.5 Å². The zero-order valence-electron chi connectivity index (χ0n) is 11.7. The first-order chi connectivity index (χ1) is 9.11. The van der Waals surface area contributed by atoms with Crippen LogP contribution < -0.4 is 10.6 Å². The summed E-state index contributed by atoms with van der Waals surface area (Å²) in [5, 5.41) is 0. The van der Waals surface area contributed by atoms with Crippen molar-refractivity contribution in [3.63, 3.8) is 0 Å². The highest BCUT2D eigenvalue weighted by atomic mass is 79.9. The van der Waals surface area contributed by atoms with E-state index in [1.165, 1.54) is 11.3 Å². The Labute approximate surface area is 124 Å². The number of halogens is 1. The number of anilines is 1. The van der Waals surface area contributed by atoms with Crippen molar-refractivity contribution in [1.82, 2.24) is 0 Å². The van der Waals surface area contributed by atoms with Gasteiger partial charge in [0.05, 0.1) is 18.3 Å². The van der Waals surface area contributed by atoms with Crippen LogP contribution in [0.3, 0.4) is 0 Å². The molecule has 2 atom stereocenters. The number of ether oxygens (including phenoxy) is 1. The summed E-state index contributed by atoms with van der Waals surface area (Å²) in [6.45, 7) is 3.82. The van der Waals surface area contributed by atoms with Crippen molar-refractivity contribution in [2.45, 2.75) is 38.3 Å². The highest BCUT2D eigenvalue weighted by Gasteiger charge is 2.21. The van der Waals surface area contributed by atoms with Crippen LogP contribution in [0.4, 0.5) is 5.69 Å². The van der Waals surface area contributed by atoms with Gasteiger partial charge in [-0.3, -0.25) is 0 Å². The first-order valence-electron chi connectivity index (χ1n) is 6.96. The van der Waals surface area contributed by atoms with Gasteiger partial charge in [-0.15, -0.1) is 0 Å². The quantitative estimate of drug-likeness (QED) is 0.904. The van der Waals surface area contributed by atoms with Crippen molar-refractivity contribution in [1.29, 1.82) is 0 Å². The van der Waals surface area contributed by atoms with Crippen LogP contribution in [0.5, 0.6) is 0 Å². The minimum atomic E-state index is 0.249. The van der Waals surface area contributed by atoms with Gasteiger partial charge in [0.1, 0.15) is 0 Å². The van der Waals surface area contributed by atoms with Crippen LogP contribution in [0.15, 0.2) is 22.7 Å². The van der Waals surface area contributed by atoms with E-state index < -0.39 is 0 Å². The molecule has 4 heteroatoms. The third-order valence-electron chi connectivity index (χ3n) is 3.87. The van der Waals surface area contributed by atoms with Crippen molar-refractivity contribution in [3.05, 3.63) is 28.2 Å². The molecular weight excluding hydrogens is 304 g/mol. The minimum Gasteiger partial charge on any atom is -0.379 e. The molecule has 1 aliphatic heterocycles. The molecule has 0 aromatic heterocycles. The molecule has 106 valence electrons. The Bertz CT molecular complexity index is 419. The Kier molecular flexibility index (Phi) is 5.25. The summed E-state index contributed by atoms with van der Waals surface area (Å²) in [6, 6.07) is 7.29. The molecule has 0 amide bonds. The Morgan fingerprint density at radius 1 is 1.53 bits per heavy atom. The predicted molar refractivity (Wildman–Crippen MR) is 83.7 cm³/mol. The Hall–Kier alpha value is -0.580. The van der Waals surface area contributed by atoms with Crippen LogP contribution in [-0.2, 0) is 11.2 Å². The lowest BCUT2D eigenvalue weighted by molar-refractivity contribution is 0.193. The van der Waals surface area contributed by atoms with Crippen LogP contribution in [0.25, 0.3) is 0 Å². The minimum absolute atomic E-state index is 0.249. The van der Waals surface area contributed by atoms with Gasteiger partial charge in [0.15, 0.2) is 0 Å². The van der Waals surface area contributed by atoms with Crippen molar-refractivity contribution in [3.8, 4) is 0 Å². The molecule has 1 aliphatic rings. The van der Waals surface area contributed by atoms with E-state index in [0.717, 1.165) is 36.9 Å². The summed E-state index contributed by atoms with van der Waals surface area (Å²) >= 11 is 3.68. The van der Waals surface area contributed by atoms with Crippen LogP contribution in [0.2, 0.25) is 0 Å². The zero-order valence-corrected chi connectivity index (χ0v) is 13.3. The average molecular weight is 327 g/mol. The van der Waals surface area contributed by atoms with Gasteiger partial charge in [0, 0.05) is 24.2 Å². The maximum atomic E-state index is 6.01. The second-order valence-electron chi connectivity index (χ2n) is 5.29. The van der Waals surface area contributed by atoms with E-state index in [1.54, 1.807) is 0 Å². The molecule has 1 heterocycles. The summed E-state index contributed by atoms with van der Waals surface area (Å²) in [5.41, 5.74) is 8.53. The molecule has 2 unspecified atom stereocenters. The summed E-state index contributed by atoms with van der Waals surface area (Å²) in [7, 11) is 2.14. The number of likely N-dealkylation sites (N-methyl/N-ethyl adjacent to an activating group) is 1. The van der Waals surface area contributed by atoms with Crippen molar-refractivity contribution < 1.29 is 4.74 Å². The molecule has 0 bridgehead atoms. The van der Waals surface area contributed by atoms with Gasteiger partial charge >= 0.3 is 0 Å². The molecule has 2 N–H and O–H groups in total. The lowest BCUT2D eigenvalue weighted by Gasteiger charge is -2.27. The fourth-order valence-corrected chi connectivity index (χ4v) is 3.14. The molecule has 3 nitrogen and oxygen atoms in total. The Morgan fingerprint density at radius 3 is 2.89 bits per heavy atom. The van der Waals surface area contributed by atoms with Gasteiger partial charge in [-0.1, -0.05) is 13.0 Å². The smallest absolute Gasteiger partial charge is 0.0670 e. The van der Waals surface area contributed by atoms with Crippen molar-refractivity contribution >= 4 is 21.6 Å². The largest absolute Gasteiger partial charge is 0.379 e. The number of nitrogens with zero attached hydrogens (tertiary/aromatic N) is 1. The van der Waals surface area contributed by atoms with Gasteiger partial charge in [-0.2, -0.15) is 0 Å². The van der Waals surface area contributed by atoms with Crippen LogP contribution in [-0.4, -0.2) is 32.3 Å². The van der Waals surface area contributed by atoms with Crippen molar-refractivity contribution in [2.24, 2.45) is 5.73 Å². The number of rotatable bonds is 5. The third kappa shape index (κ3) is 3.71. The van der Waals surface area contributed by atoms with E-state index in [1.807, 2.05) is 0 Å². The maximum absolute atomic E-state index is 6.01. The highest BCUT2D eigenvalue weighted by Crippen LogP contribution is 2.30. The molecule has 2 rings (SSSR count). The second kappa shape index (κ2) is 6.73. The SMILES string of the molecule is CCC(N)Cc1ccc(N(C)C2CCOC2)c(Br)c1. The zero-order chi connectivity index (χ0) is 13.8. The van der Waals surface area contributed by atoms with Gasteiger partial charge in [0.2, 0.25) is 0 Å². The highest BCUT2D eigenvalue weighted by molar-refractivity contribution is 9.10. The van der Waals surface area contributed by atoms with Crippen molar-refractivity contribution in [2.75, 3.05) is 25.2 Å². The van der Waals surface area contributed by atoms with E-state index in [9.17, 15) is 0 Å². The first-order valence-corrected chi connectivity index (χ1v) is 7.75. The monoisotopic (exact) mass is 326 g/mol. The number of nitrogens with two attached hydrogens (primary N) is 1. The standard InChI is InChI=1S/C15H23BrN2O/c1-3-12(17)8-11-4-5-15(14(16)9-11)18(2)13-6-7-19-10-13/h4-5,9,12-13H,3,6-8,10,17H2,1-2H3. The normalized spacial score (nSPS) is 20.5. The lowest BCUT2D eigenvalue weighted by atomic mass is 10.0. The van der Waals surface area contributed by atoms with Gasteiger partial charge in [-0.25, -0.2) is 0 Å². The fourth-order valence-electron chi connectivity index (χ4n) is 2.43. The summed E-state index contributed by atoms with van der Waals surface area (Å²) < 4.78 is 6.60. The molecule has 1 fully saturated rings. The Morgan fingerprint density at radius 2 is 2.32 bits per heavy atom. The Balaban J connectivity index is 2.09. The van der Waals surface area contributed by atoms with Crippen LogP contribution in [0, 0.1) is 0 Å². The van der Waals surface area contributed by atoms with Gasteiger partial charge < -0.3 is 15.4 Å². The number of hydrogen-bond acceptors (Lipinski definition) is 3. The second-order valence-corrected chi connectivity index (χ2v) is 6.14. The van der Waals surface area contributed by atoms with E-state index in [-0.39, 0.29) is 6.04 Å². The van der Waals surface area contributed by atoms with Gasteiger partial charge in [0.25, 0.3) is 0 Å². The van der Waals surface area contributed by atoms with E-state index in [0.29, 0.717) is 6.04 Å². The molecule has 0 spiro atoms. The molecule has 1 aromatic carbocycles. The number of benzene rings is 1. The molecule has 1 saturated heterocycles. The maximum Gasteiger partial charge on any atom is 0.0670 e. The molecule has 1 aromatic rings. The molecule has 0 radical (unpaired) electrons. The molecule has 19 heavy (non-hydrogen) atoms. The molecular formula is C15H23BrN2O. The van der Waals surface area contributed by atoms with E-state index in [4.69, 9.17) is 10.5 Å². The number of hydrogen-bond donors (Lipinski definition) is 1. The van der Waals surface area contributed by atoms with Gasteiger partial charge in [-0.05, 0) is 52.9 Å². The third-order valence-corrected chi connectivity index (χ3v) is 4.50. The predicted octanol–water partition coefficient (Wildman–Crippen LogP) is 2.95. The van der Waals surface area contributed by atoms with E-state index in [2.05, 4.69) is 53.0 Å². The lowest BCUT2D eigenvalue weighted by Crippen LogP contribution is -2.32. The van der Waals surface area contributed by atoms with Crippen LogP contribution >= 0.6 is 15.9 Å². The first kappa shape index (κ1) is 14.8. The molecule has 0 saturated carbocycles. The average Bonchev–Trinajstić information content (AvgIpc) is 2.92.